The van der Waals surface area contributed by atoms with Crippen molar-refractivity contribution in [2.75, 3.05) is 13.1 Å². The zero-order valence-electron chi connectivity index (χ0n) is 12.7. The molecule has 0 atom stereocenters. The molecule has 1 aromatic rings. The summed E-state index contributed by atoms with van der Waals surface area (Å²) in [4.78, 5) is 0.192. The molecule has 0 unspecified atom stereocenters. The Bertz CT molecular complexity index is 500. The SMILES string of the molecule is CC(C)C(CNS(=O)(=O)c1cnn(CCN)c1)C(C)C. The Kier molecular flexibility index (Phi) is 6.16. The summed E-state index contributed by atoms with van der Waals surface area (Å²) in [6.07, 6.45) is 2.87. The molecule has 0 aliphatic heterocycles. The lowest BCUT2D eigenvalue weighted by Crippen LogP contribution is -2.33. The van der Waals surface area contributed by atoms with Crippen molar-refractivity contribution in [3.05, 3.63) is 12.4 Å². The quantitative estimate of drug-likeness (QED) is 0.751. The zero-order chi connectivity index (χ0) is 15.3. The topological polar surface area (TPSA) is 90.0 Å². The average Bonchev–Trinajstić information content (AvgIpc) is 2.78. The second-order valence-corrected chi connectivity index (χ2v) is 7.50. The van der Waals surface area contributed by atoms with Gasteiger partial charge in [0, 0.05) is 19.3 Å². The number of hydrogen-bond acceptors (Lipinski definition) is 4. The molecule has 0 fully saturated rings. The van der Waals surface area contributed by atoms with Gasteiger partial charge in [0.1, 0.15) is 4.90 Å². The van der Waals surface area contributed by atoms with Crippen LogP contribution in [0.1, 0.15) is 27.7 Å². The molecule has 0 spiro atoms. The number of sulfonamides is 1. The van der Waals surface area contributed by atoms with Crippen LogP contribution in [0.25, 0.3) is 0 Å². The van der Waals surface area contributed by atoms with Crippen LogP contribution in [-0.2, 0) is 16.6 Å². The van der Waals surface area contributed by atoms with Crippen molar-refractivity contribution in [1.29, 1.82) is 0 Å². The molecule has 0 aromatic carbocycles. The fraction of sp³-hybridized carbons (Fsp3) is 0.769. The number of nitrogens with one attached hydrogen (secondary N) is 1. The summed E-state index contributed by atoms with van der Waals surface area (Å²) in [5.74, 6) is 1.17. The highest BCUT2D eigenvalue weighted by Gasteiger charge is 2.22. The van der Waals surface area contributed by atoms with E-state index in [4.69, 9.17) is 5.73 Å². The minimum Gasteiger partial charge on any atom is -0.329 e. The summed E-state index contributed by atoms with van der Waals surface area (Å²) in [6, 6.07) is 0. The van der Waals surface area contributed by atoms with Gasteiger partial charge in [-0.05, 0) is 17.8 Å². The standard InChI is InChI=1S/C13H26N4O2S/c1-10(2)13(11(3)4)8-16-20(18,19)12-7-15-17(9-12)6-5-14/h7,9-11,13,16H,5-6,8,14H2,1-4H3. The van der Waals surface area contributed by atoms with Gasteiger partial charge in [-0.1, -0.05) is 27.7 Å². The largest absolute Gasteiger partial charge is 0.329 e. The maximum atomic E-state index is 12.2. The molecule has 0 aliphatic carbocycles. The predicted octanol–water partition coefficient (Wildman–Crippen LogP) is 1.05. The maximum Gasteiger partial charge on any atom is 0.243 e. The summed E-state index contributed by atoms with van der Waals surface area (Å²) >= 11 is 0. The van der Waals surface area contributed by atoms with Gasteiger partial charge in [-0.15, -0.1) is 0 Å². The van der Waals surface area contributed by atoms with Gasteiger partial charge in [-0.3, -0.25) is 4.68 Å². The van der Waals surface area contributed by atoms with Gasteiger partial charge < -0.3 is 5.73 Å². The van der Waals surface area contributed by atoms with Gasteiger partial charge in [-0.2, -0.15) is 5.10 Å². The average molecular weight is 302 g/mol. The molecule has 0 amide bonds. The highest BCUT2D eigenvalue weighted by Crippen LogP contribution is 2.20. The second kappa shape index (κ2) is 7.19. The first kappa shape index (κ1) is 17.1. The molecule has 0 radical (unpaired) electrons. The van der Waals surface area contributed by atoms with Gasteiger partial charge in [0.05, 0.1) is 12.7 Å². The van der Waals surface area contributed by atoms with Crippen molar-refractivity contribution in [2.24, 2.45) is 23.5 Å². The minimum absolute atomic E-state index is 0.192. The van der Waals surface area contributed by atoms with E-state index in [9.17, 15) is 8.42 Å². The summed E-state index contributed by atoms with van der Waals surface area (Å²) in [5, 5.41) is 3.99. The third-order valence-electron chi connectivity index (χ3n) is 3.50. The second-order valence-electron chi connectivity index (χ2n) is 5.73. The van der Waals surface area contributed by atoms with E-state index in [2.05, 4.69) is 37.5 Å². The van der Waals surface area contributed by atoms with Gasteiger partial charge in [0.15, 0.2) is 0 Å². The molecular formula is C13H26N4O2S. The van der Waals surface area contributed by atoms with E-state index in [0.717, 1.165) is 0 Å². The van der Waals surface area contributed by atoms with Gasteiger partial charge in [0.2, 0.25) is 10.0 Å². The first-order valence-electron chi connectivity index (χ1n) is 7.00. The lowest BCUT2D eigenvalue weighted by atomic mass is 9.86. The number of hydrogen-bond donors (Lipinski definition) is 2. The number of rotatable bonds is 8. The smallest absolute Gasteiger partial charge is 0.243 e. The maximum absolute atomic E-state index is 12.2. The fourth-order valence-corrected chi connectivity index (χ4v) is 3.29. The highest BCUT2D eigenvalue weighted by atomic mass is 32.2. The molecule has 20 heavy (non-hydrogen) atoms. The van der Waals surface area contributed by atoms with Crippen LogP contribution in [0.2, 0.25) is 0 Å². The molecule has 0 aliphatic rings. The lowest BCUT2D eigenvalue weighted by molar-refractivity contribution is 0.289. The van der Waals surface area contributed by atoms with Crippen molar-refractivity contribution in [3.63, 3.8) is 0 Å². The van der Waals surface area contributed by atoms with Crippen LogP contribution in [0.5, 0.6) is 0 Å². The predicted molar refractivity (Wildman–Crippen MR) is 79.6 cm³/mol. The molecule has 0 bridgehead atoms. The Labute approximate surface area is 121 Å². The normalized spacial score (nSPS) is 12.8. The van der Waals surface area contributed by atoms with Crippen LogP contribution in [0.15, 0.2) is 17.3 Å². The van der Waals surface area contributed by atoms with Crippen LogP contribution < -0.4 is 10.5 Å². The number of nitrogens with two attached hydrogens (primary N) is 1. The molecular weight excluding hydrogens is 276 g/mol. The summed E-state index contributed by atoms with van der Waals surface area (Å²) in [7, 11) is -3.49. The van der Waals surface area contributed by atoms with Crippen molar-refractivity contribution in [3.8, 4) is 0 Å². The molecule has 7 heteroatoms. The van der Waals surface area contributed by atoms with Crippen LogP contribution in [0.4, 0.5) is 0 Å². The molecule has 1 aromatic heterocycles. The zero-order valence-corrected chi connectivity index (χ0v) is 13.5. The van der Waals surface area contributed by atoms with Crippen molar-refractivity contribution in [2.45, 2.75) is 39.1 Å². The van der Waals surface area contributed by atoms with Crippen LogP contribution in [-0.4, -0.2) is 31.3 Å². The molecule has 116 valence electrons. The van der Waals surface area contributed by atoms with E-state index in [1.807, 2.05) is 0 Å². The highest BCUT2D eigenvalue weighted by molar-refractivity contribution is 7.89. The van der Waals surface area contributed by atoms with Crippen molar-refractivity contribution in [1.82, 2.24) is 14.5 Å². The monoisotopic (exact) mass is 302 g/mol. The van der Waals surface area contributed by atoms with Gasteiger partial charge >= 0.3 is 0 Å². The molecule has 0 saturated heterocycles. The van der Waals surface area contributed by atoms with E-state index >= 15 is 0 Å². The first-order valence-corrected chi connectivity index (χ1v) is 8.48. The number of nitrogens with zero attached hydrogens (tertiary/aromatic N) is 2. The van der Waals surface area contributed by atoms with Gasteiger partial charge in [-0.25, -0.2) is 13.1 Å². The molecule has 3 N–H and O–H groups in total. The third kappa shape index (κ3) is 4.57. The molecule has 0 saturated carbocycles. The first-order chi connectivity index (χ1) is 9.27. The van der Waals surface area contributed by atoms with Gasteiger partial charge in [0.25, 0.3) is 0 Å². The Balaban J connectivity index is 2.73. The van der Waals surface area contributed by atoms with E-state index in [1.165, 1.54) is 17.1 Å². The summed E-state index contributed by atoms with van der Waals surface area (Å²) in [6.45, 7) is 9.82. The third-order valence-corrected chi connectivity index (χ3v) is 4.88. The Morgan fingerprint density at radius 2 is 1.90 bits per heavy atom. The van der Waals surface area contributed by atoms with Crippen molar-refractivity contribution >= 4 is 10.0 Å². The van der Waals surface area contributed by atoms with Crippen LogP contribution >= 0.6 is 0 Å². The Morgan fingerprint density at radius 1 is 1.30 bits per heavy atom. The van der Waals surface area contributed by atoms with E-state index in [-0.39, 0.29) is 4.90 Å². The van der Waals surface area contributed by atoms with Crippen LogP contribution in [0.3, 0.4) is 0 Å². The van der Waals surface area contributed by atoms with E-state index in [0.29, 0.717) is 37.4 Å². The Morgan fingerprint density at radius 3 is 2.40 bits per heavy atom. The lowest BCUT2D eigenvalue weighted by Gasteiger charge is -2.24. The number of aromatic nitrogens is 2. The summed E-state index contributed by atoms with van der Waals surface area (Å²) in [5.41, 5.74) is 5.42. The minimum atomic E-state index is -3.49. The molecule has 6 nitrogen and oxygen atoms in total. The molecule has 1 rings (SSSR count). The fourth-order valence-electron chi connectivity index (χ4n) is 2.27. The van der Waals surface area contributed by atoms with E-state index < -0.39 is 10.0 Å². The Hall–Kier alpha value is -0.920. The molecule has 1 heterocycles. The van der Waals surface area contributed by atoms with Crippen LogP contribution in [0, 0.1) is 17.8 Å². The van der Waals surface area contributed by atoms with E-state index in [1.54, 1.807) is 0 Å². The van der Waals surface area contributed by atoms with Crippen molar-refractivity contribution < 1.29 is 8.42 Å². The summed E-state index contributed by atoms with van der Waals surface area (Å²) < 4.78 is 28.6.